The van der Waals surface area contributed by atoms with E-state index in [1.54, 1.807) is 32.1 Å². The Morgan fingerprint density at radius 1 is 1.19 bits per heavy atom. The highest BCUT2D eigenvalue weighted by Crippen LogP contribution is 2.37. The van der Waals surface area contributed by atoms with Gasteiger partial charge in [0.15, 0.2) is 16.3 Å². The fourth-order valence-corrected chi connectivity index (χ4v) is 5.45. The van der Waals surface area contributed by atoms with Crippen LogP contribution in [0.5, 0.6) is 17.2 Å². The number of fused-ring (bicyclic) bond motifs is 2. The van der Waals surface area contributed by atoms with Crippen molar-refractivity contribution in [2.75, 3.05) is 20.0 Å². The molecule has 3 heterocycles. The molecule has 0 spiro atoms. The van der Waals surface area contributed by atoms with Gasteiger partial charge in [-0.1, -0.05) is 35.1 Å². The van der Waals surface area contributed by atoms with Crippen LogP contribution in [0, 0.1) is 0 Å². The summed E-state index contributed by atoms with van der Waals surface area (Å²) in [4.78, 5) is 31.8. The molecular weight excluding hydrogens is 504 g/mol. The van der Waals surface area contributed by atoms with Crippen molar-refractivity contribution in [3.8, 4) is 17.2 Å². The maximum atomic E-state index is 13.7. The van der Waals surface area contributed by atoms with Crippen LogP contribution in [-0.4, -0.2) is 30.5 Å². The highest BCUT2D eigenvalue weighted by Gasteiger charge is 2.33. The van der Waals surface area contributed by atoms with Crippen molar-refractivity contribution in [3.63, 3.8) is 0 Å². The van der Waals surface area contributed by atoms with Gasteiger partial charge in [-0.3, -0.25) is 9.36 Å². The first-order valence-corrected chi connectivity index (χ1v) is 12.6. The van der Waals surface area contributed by atoms with E-state index in [9.17, 15) is 9.59 Å². The number of nitrogens with zero attached hydrogens (tertiary/aromatic N) is 2. The van der Waals surface area contributed by atoms with E-state index in [-0.39, 0.29) is 19.0 Å². The molecule has 2 aliphatic rings. The number of carbonyl (C=O) groups is 1. The molecule has 10 heteroatoms. The second-order valence-electron chi connectivity index (χ2n) is 8.03. The molecule has 0 amide bonds. The zero-order valence-electron chi connectivity index (χ0n) is 19.9. The van der Waals surface area contributed by atoms with Gasteiger partial charge in [-0.25, -0.2) is 9.79 Å². The topological polar surface area (TPSA) is 88.4 Å². The third kappa shape index (κ3) is 4.29. The van der Waals surface area contributed by atoms with Gasteiger partial charge in [0.25, 0.3) is 5.56 Å². The smallest absolute Gasteiger partial charge is 0.338 e. The van der Waals surface area contributed by atoms with E-state index in [0.717, 1.165) is 5.56 Å². The number of aromatic nitrogens is 1. The third-order valence-corrected chi connectivity index (χ3v) is 7.11. The Kier molecular flexibility index (Phi) is 6.59. The summed E-state index contributed by atoms with van der Waals surface area (Å²) in [6, 6.07) is 10.0. The van der Waals surface area contributed by atoms with E-state index in [1.165, 1.54) is 15.9 Å². The maximum absolute atomic E-state index is 13.7. The van der Waals surface area contributed by atoms with Crippen LogP contribution in [0.1, 0.15) is 37.9 Å². The van der Waals surface area contributed by atoms with Crippen molar-refractivity contribution in [2.45, 2.75) is 26.8 Å². The fraction of sp³-hybridized carbons (Fsp3) is 0.269. The largest absolute Gasteiger partial charge is 0.494 e. The van der Waals surface area contributed by atoms with Gasteiger partial charge in [0.1, 0.15) is 5.75 Å². The van der Waals surface area contributed by atoms with Crippen molar-refractivity contribution in [3.05, 3.63) is 83.5 Å². The number of thiazole rings is 1. The van der Waals surface area contributed by atoms with Crippen molar-refractivity contribution >= 4 is 35.0 Å². The molecule has 0 saturated heterocycles. The van der Waals surface area contributed by atoms with Gasteiger partial charge < -0.3 is 18.9 Å². The summed E-state index contributed by atoms with van der Waals surface area (Å²) in [7, 11) is 0. The lowest BCUT2D eigenvalue weighted by atomic mass is 9.96. The fourth-order valence-electron chi connectivity index (χ4n) is 4.20. The number of esters is 1. The van der Waals surface area contributed by atoms with Gasteiger partial charge in [-0.15, -0.1) is 0 Å². The molecule has 8 nitrogen and oxygen atoms in total. The molecule has 1 atom stereocenters. The van der Waals surface area contributed by atoms with E-state index in [4.69, 9.17) is 30.5 Å². The van der Waals surface area contributed by atoms with E-state index >= 15 is 0 Å². The number of allylic oxidation sites excluding steroid dienone is 1. The van der Waals surface area contributed by atoms with Gasteiger partial charge in [-0.05, 0) is 56.2 Å². The number of hydrogen-bond acceptors (Lipinski definition) is 8. The second kappa shape index (κ2) is 9.83. The van der Waals surface area contributed by atoms with E-state index in [2.05, 4.69) is 4.99 Å². The summed E-state index contributed by atoms with van der Waals surface area (Å²) in [5, 5.41) is 0.427. The molecule has 1 aromatic heterocycles. The van der Waals surface area contributed by atoms with Crippen LogP contribution in [0.4, 0.5) is 0 Å². The van der Waals surface area contributed by atoms with Crippen LogP contribution in [0.3, 0.4) is 0 Å². The molecule has 0 N–H and O–H groups in total. The number of benzene rings is 2. The second-order valence-corrected chi connectivity index (χ2v) is 9.45. The molecule has 3 aromatic rings. The Labute approximate surface area is 215 Å². The average Bonchev–Trinajstić information content (AvgIpc) is 3.43. The zero-order chi connectivity index (χ0) is 25.4. The monoisotopic (exact) mass is 526 g/mol. The minimum Gasteiger partial charge on any atom is -0.494 e. The zero-order valence-corrected chi connectivity index (χ0v) is 21.4. The first-order chi connectivity index (χ1) is 17.4. The lowest BCUT2D eigenvalue weighted by Gasteiger charge is -2.24. The van der Waals surface area contributed by atoms with Gasteiger partial charge in [-0.2, -0.15) is 0 Å². The predicted molar refractivity (Wildman–Crippen MR) is 136 cm³/mol. The highest BCUT2D eigenvalue weighted by molar-refractivity contribution is 7.07. The van der Waals surface area contributed by atoms with Crippen LogP contribution >= 0.6 is 22.9 Å². The van der Waals surface area contributed by atoms with Crippen molar-refractivity contribution < 1.29 is 23.7 Å². The Hall–Kier alpha value is -3.56. The highest BCUT2D eigenvalue weighted by atomic mass is 35.5. The Bertz CT molecular complexity index is 1550. The van der Waals surface area contributed by atoms with Gasteiger partial charge in [0.05, 0.1) is 40.1 Å². The lowest BCUT2D eigenvalue weighted by Crippen LogP contribution is -2.39. The molecule has 5 rings (SSSR count). The van der Waals surface area contributed by atoms with Crippen molar-refractivity contribution in [1.29, 1.82) is 0 Å². The van der Waals surface area contributed by atoms with Crippen LogP contribution < -0.4 is 29.1 Å². The number of carbonyl (C=O) groups excluding carboxylic acids is 1. The van der Waals surface area contributed by atoms with Crippen LogP contribution in [0.15, 0.2) is 57.5 Å². The molecule has 0 saturated carbocycles. The van der Waals surface area contributed by atoms with Crippen molar-refractivity contribution in [1.82, 2.24) is 4.57 Å². The normalized spacial score (nSPS) is 16.6. The summed E-state index contributed by atoms with van der Waals surface area (Å²) in [5.41, 5.74) is 1.89. The number of ether oxygens (including phenoxy) is 4. The molecule has 0 aliphatic carbocycles. The Morgan fingerprint density at radius 3 is 2.61 bits per heavy atom. The Balaban J connectivity index is 1.68. The molecule has 1 unspecified atom stereocenters. The minimum absolute atomic E-state index is 0.120. The number of halogens is 1. The quantitative estimate of drug-likeness (QED) is 0.456. The van der Waals surface area contributed by atoms with E-state index in [0.29, 0.717) is 55.0 Å². The van der Waals surface area contributed by atoms with Gasteiger partial charge in [0, 0.05) is 6.07 Å². The number of hydrogen-bond donors (Lipinski definition) is 0. The average molecular weight is 527 g/mol. The minimum atomic E-state index is -0.703. The molecule has 2 aliphatic heterocycles. The molecule has 0 bridgehead atoms. The van der Waals surface area contributed by atoms with E-state index in [1.807, 2.05) is 31.2 Å². The van der Waals surface area contributed by atoms with Crippen LogP contribution in [0.25, 0.3) is 6.08 Å². The summed E-state index contributed by atoms with van der Waals surface area (Å²) < 4.78 is 23.7. The molecule has 36 heavy (non-hydrogen) atoms. The van der Waals surface area contributed by atoms with E-state index < -0.39 is 12.0 Å². The van der Waals surface area contributed by atoms with Crippen molar-refractivity contribution in [2.24, 2.45) is 4.99 Å². The standard InChI is InChI=1S/C26H23ClN2O6S/c1-4-32-17-8-6-15(7-9-17)23-22(25(31)33-5-2)14(3)28-26-29(23)24(30)21(36-26)11-16-10-19-20(12-18(16)27)35-13-34-19/h6-12,23H,4-5,13H2,1-3H3/b21-11+. The van der Waals surface area contributed by atoms with Gasteiger partial charge in [0.2, 0.25) is 6.79 Å². The molecule has 186 valence electrons. The van der Waals surface area contributed by atoms with Gasteiger partial charge >= 0.3 is 5.97 Å². The summed E-state index contributed by atoms with van der Waals surface area (Å²) >= 11 is 7.67. The Morgan fingerprint density at radius 2 is 1.92 bits per heavy atom. The maximum Gasteiger partial charge on any atom is 0.338 e. The molecule has 0 radical (unpaired) electrons. The summed E-state index contributed by atoms with van der Waals surface area (Å²) in [6.45, 7) is 6.26. The first kappa shape index (κ1) is 24.1. The molecule has 2 aromatic carbocycles. The summed E-state index contributed by atoms with van der Waals surface area (Å²) in [6.07, 6.45) is 1.70. The lowest BCUT2D eigenvalue weighted by molar-refractivity contribution is -0.139. The molecular formula is C26H23ClN2O6S. The SMILES string of the molecule is CCOC(=O)C1=C(C)N=c2s/c(=C/c3cc4c(cc3Cl)OCO4)c(=O)n2C1c1ccc(OCC)cc1. The molecule has 0 fully saturated rings. The van der Waals surface area contributed by atoms with Crippen LogP contribution in [-0.2, 0) is 9.53 Å². The third-order valence-electron chi connectivity index (χ3n) is 5.80. The summed E-state index contributed by atoms with van der Waals surface area (Å²) in [5.74, 6) is 1.31. The number of rotatable bonds is 6. The van der Waals surface area contributed by atoms with Crippen LogP contribution in [0.2, 0.25) is 5.02 Å². The predicted octanol–water partition coefficient (Wildman–Crippen LogP) is 3.58. The first-order valence-electron chi connectivity index (χ1n) is 11.4.